The summed E-state index contributed by atoms with van der Waals surface area (Å²) in [6, 6.07) is 15.9. The predicted molar refractivity (Wildman–Crippen MR) is 117 cm³/mol. The zero-order chi connectivity index (χ0) is 19.5. The highest BCUT2D eigenvalue weighted by Gasteiger charge is 2.15. The second-order valence-electron chi connectivity index (χ2n) is 6.19. The molecule has 8 heteroatoms. The molecule has 0 unspecified atom stereocenters. The number of nitrogens with one attached hydrogen (secondary N) is 1. The molecular formula is C20H16BrN3O2S2. The van der Waals surface area contributed by atoms with Gasteiger partial charge >= 0.3 is 0 Å². The van der Waals surface area contributed by atoms with Crippen LogP contribution >= 0.6 is 39.0 Å². The lowest BCUT2D eigenvalue weighted by atomic mass is 10.1. The number of oxazole rings is 1. The molecule has 5 nitrogen and oxygen atoms in total. The number of nitrogens with zero attached hydrogens (tertiary/aromatic N) is 2. The molecule has 2 aromatic heterocycles. The van der Waals surface area contributed by atoms with Crippen LogP contribution in [-0.4, -0.2) is 21.6 Å². The monoisotopic (exact) mass is 473 g/mol. The number of halogens is 1. The summed E-state index contributed by atoms with van der Waals surface area (Å²) in [5, 5.41) is 3.39. The summed E-state index contributed by atoms with van der Waals surface area (Å²) in [5.41, 5.74) is 3.90. The summed E-state index contributed by atoms with van der Waals surface area (Å²) in [4.78, 5) is 22.2. The minimum atomic E-state index is -0.143. The topological polar surface area (TPSA) is 68.0 Å². The average Bonchev–Trinajstić information content (AvgIpc) is 3.24. The second kappa shape index (κ2) is 8.46. The van der Waals surface area contributed by atoms with Crippen molar-refractivity contribution in [1.29, 1.82) is 0 Å². The Morgan fingerprint density at radius 3 is 2.75 bits per heavy atom. The summed E-state index contributed by atoms with van der Waals surface area (Å²) in [6.07, 6.45) is 0.720. The molecule has 4 rings (SSSR count). The maximum absolute atomic E-state index is 12.4. The fraction of sp³-hybridized carbons (Fsp3) is 0.150. The van der Waals surface area contributed by atoms with E-state index in [2.05, 4.69) is 62.4 Å². The van der Waals surface area contributed by atoms with Crippen molar-refractivity contribution in [3.8, 4) is 0 Å². The first-order valence-corrected chi connectivity index (χ1v) is 11.2. The number of aryl methyl sites for hydroxylation is 1. The van der Waals surface area contributed by atoms with Gasteiger partial charge in [-0.3, -0.25) is 4.79 Å². The molecule has 0 aliphatic rings. The van der Waals surface area contributed by atoms with Crippen LogP contribution in [-0.2, 0) is 11.2 Å². The molecule has 0 aliphatic heterocycles. The third-order valence-electron chi connectivity index (χ3n) is 4.02. The zero-order valence-corrected chi connectivity index (χ0v) is 18.2. The van der Waals surface area contributed by atoms with E-state index in [9.17, 15) is 4.79 Å². The molecule has 1 N–H and O–H groups in total. The lowest BCUT2D eigenvalue weighted by Gasteiger charge is -2.05. The van der Waals surface area contributed by atoms with Crippen LogP contribution in [0.3, 0.4) is 0 Å². The summed E-state index contributed by atoms with van der Waals surface area (Å²) < 4.78 is 6.38. The number of thiazole rings is 1. The summed E-state index contributed by atoms with van der Waals surface area (Å²) in [5.74, 6) is 0.655. The van der Waals surface area contributed by atoms with Gasteiger partial charge < -0.3 is 9.73 Å². The molecule has 0 aliphatic carbocycles. The van der Waals surface area contributed by atoms with Gasteiger partial charge in [0.15, 0.2) is 9.50 Å². The van der Waals surface area contributed by atoms with Crippen molar-refractivity contribution >= 4 is 61.9 Å². The van der Waals surface area contributed by atoms with Crippen LogP contribution in [0, 0.1) is 6.92 Å². The molecule has 0 fully saturated rings. The van der Waals surface area contributed by atoms with Gasteiger partial charge in [0.25, 0.3) is 5.22 Å². The molecule has 0 radical (unpaired) electrons. The van der Waals surface area contributed by atoms with Crippen LogP contribution in [0.4, 0.5) is 5.82 Å². The first-order valence-electron chi connectivity index (χ1n) is 8.56. The summed E-state index contributed by atoms with van der Waals surface area (Å²) in [6.45, 7) is 2.06. The molecule has 0 bridgehead atoms. The predicted octanol–water partition coefficient (Wildman–Crippen LogP) is 5.68. The number of thioether (sulfide) groups is 1. The van der Waals surface area contributed by atoms with Crippen molar-refractivity contribution in [3.63, 3.8) is 0 Å². The van der Waals surface area contributed by atoms with E-state index < -0.39 is 0 Å². The van der Waals surface area contributed by atoms with Gasteiger partial charge in [0.1, 0.15) is 11.3 Å². The van der Waals surface area contributed by atoms with Gasteiger partial charge in [0, 0.05) is 6.42 Å². The van der Waals surface area contributed by atoms with Crippen molar-refractivity contribution < 1.29 is 9.21 Å². The lowest BCUT2D eigenvalue weighted by Crippen LogP contribution is -2.15. The molecule has 0 atom stereocenters. The largest absolute Gasteiger partial charge is 0.431 e. The maximum Gasteiger partial charge on any atom is 0.257 e. The van der Waals surface area contributed by atoms with E-state index in [4.69, 9.17) is 4.42 Å². The van der Waals surface area contributed by atoms with Crippen molar-refractivity contribution in [2.24, 2.45) is 0 Å². The number of anilines is 1. The summed E-state index contributed by atoms with van der Waals surface area (Å²) in [7, 11) is 0. The first kappa shape index (κ1) is 19.2. The summed E-state index contributed by atoms with van der Waals surface area (Å²) >= 11 is 6.21. The van der Waals surface area contributed by atoms with E-state index in [0.29, 0.717) is 16.6 Å². The van der Waals surface area contributed by atoms with E-state index in [0.717, 1.165) is 20.7 Å². The third kappa shape index (κ3) is 4.63. The molecular weight excluding hydrogens is 458 g/mol. The Hall–Kier alpha value is -2.16. The van der Waals surface area contributed by atoms with Gasteiger partial charge in [-0.15, -0.1) is 11.3 Å². The van der Waals surface area contributed by atoms with E-state index in [1.54, 1.807) is 0 Å². The Labute approximate surface area is 178 Å². The van der Waals surface area contributed by atoms with Gasteiger partial charge in [-0.1, -0.05) is 53.7 Å². The fourth-order valence-corrected chi connectivity index (χ4v) is 4.81. The Bertz CT molecular complexity index is 1090. The number of rotatable bonds is 6. The second-order valence-corrected chi connectivity index (χ2v) is 9.47. The van der Waals surface area contributed by atoms with Crippen LogP contribution < -0.4 is 5.32 Å². The van der Waals surface area contributed by atoms with Crippen molar-refractivity contribution in [2.45, 2.75) is 18.6 Å². The number of carbonyl (C=O) groups is 1. The molecule has 142 valence electrons. The first-order chi connectivity index (χ1) is 13.6. The number of aromatic nitrogens is 2. The SMILES string of the molecule is Cc1ccc(Cc2sc(Br)nc2NC(=O)CSc2nc3ccccc3o2)cc1. The highest BCUT2D eigenvalue weighted by Crippen LogP contribution is 2.30. The molecule has 0 spiro atoms. The number of fused-ring (bicyclic) bond motifs is 1. The van der Waals surface area contributed by atoms with Gasteiger partial charge in [0.05, 0.1) is 10.6 Å². The molecule has 0 saturated carbocycles. The van der Waals surface area contributed by atoms with E-state index >= 15 is 0 Å². The van der Waals surface area contributed by atoms with Crippen LogP contribution in [0.15, 0.2) is 62.1 Å². The quantitative estimate of drug-likeness (QED) is 0.365. The number of carbonyl (C=O) groups excluding carboxylic acids is 1. The van der Waals surface area contributed by atoms with Crippen molar-refractivity contribution in [1.82, 2.24) is 9.97 Å². The Kier molecular flexibility index (Phi) is 5.79. The fourth-order valence-electron chi connectivity index (χ4n) is 2.64. The van der Waals surface area contributed by atoms with Crippen molar-refractivity contribution in [2.75, 3.05) is 11.1 Å². The highest BCUT2D eigenvalue weighted by molar-refractivity contribution is 9.11. The van der Waals surface area contributed by atoms with E-state index in [1.165, 1.54) is 34.2 Å². The Morgan fingerprint density at radius 1 is 1.18 bits per heavy atom. The molecule has 0 saturated heterocycles. The maximum atomic E-state index is 12.4. The molecule has 2 heterocycles. The highest BCUT2D eigenvalue weighted by atomic mass is 79.9. The van der Waals surface area contributed by atoms with Gasteiger partial charge in [-0.25, -0.2) is 9.97 Å². The zero-order valence-electron chi connectivity index (χ0n) is 14.9. The van der Waals surface area contributed by atoms with E-state index in [1.807, 2.05) is 24.3 Å². The van der Waals surface area contributed by atoms with Crippen LogP contribution in [0.2, 0.25) is 0 Å². The van der Waals surface area contributed by atoms with Crippen LogP contribution in [0.25, 0.3) is 11.1 Å². The normalized spacial score (nSPS) is 11.1. The van der Waals surface area contributed by atoms with Gasteiger partial charge in [-0.2, -0.15) is 0 Å². The van der Waals surface area contributed by atoms with Crippen LogP contribution in [0.1, 0.15) is 16.0 Å². The third-order valence-corrected chi connectivity index (χ3v) is 6.35. The number of amides is 1. The minimum absolute atomic E-state index is 0.143. The Balaban J connectivity index is 1.40. The van der Waals surface area contributed by atoms with E-state index in [-0.39, 0.29) is 11.7 Å². The standard InChI is InChI=1S/C20H16BrN3O2S2/c1-12-6-8-13(9-7-12)10-16-18(24-19(21)28-16)23-17(25)11-27-20-22-14-4-2-3-5-15(14)26-20/h2-9H,10-11H2,1H3,(H,23,25). The molecule has 4 aromatic rings. The number of benzene rings is 2. The van der Waals surface area contributed by atoms with Crippen molar-refractivity contribution in [3.05, 3.63) is 68.5 Å². The molecule has 2 aromatic carbocycles. The Morgan fingerprint density at radius 2 is 1.96 bits per heavy atom. The van der Waals surface area contributed by atoms with Crippen LogP contribution in [0.5, 0.6) is 0 Å². The lowest BCUT2D eigenvalue weighted by molar-refractivity contribution is -0.113. The number of hydrogen-bond acceptors (Lipinski definition) is 6. The minimum Gasteiger partial charge on any atom is -0.431 e. The molecule has 1 amide bonds. The van der Waals surface area contributed by atoms with Gasteiger partial charge in [-0.05, 0) is 40.5 Å². The van der Waals surface area contributed by atoms with Gasteiger partial charge in [0.2, 0.25) is 5.91 Å². The smallest absolute Gasteiger partial charge is 0.257 e. The number of para-hydroxylation sites is 2. The average molecular weight is 474 g/mol. The molecule has 28 heavy (non-hydrogen) atoms. The number of hydrogen-bond donors (Lipinski definition) is 1.